The molecule has 0 bridgehead atoms. The molecule has 1 heterocycles. The van der Waals surface area contributed by atoms with Crippen molar-refractivity contribution in [3.05, 3.63) is 0 Å². The zero-order chi connectivity index (χ0) is 16.0. The van der Waals surface area contributed by atoms with Crippen molar-refractivity contribution in [1.29, 1.82) is 0 Å². The minimum Gasteiger partial charge on any atom is -0.481 e. The number of nitrogens with zero attached hydrogens (tertiary/aromatic N) is 2. The van der Waals surface area contributed by atoms with E-state index in [2.05, 4.69) is 19.2 Å². The van der Waals surface area contributed by atoms with Crippen LogP contribution >= 0.6 is 11.8 Å². The number of carbonyl (C=O) groups excluding carboxylic acids is 1. The van der Waals surface area contributed by atoms with Crippen molar-refractivity contribution in [1.82, 2.24) is 15.1 Å². The molecule has 1 fully saturated rings. The molecule has 21 heavy (non-hydrogen) atoms. The molecule has 2 atom stereocenters. The van der Waals surface area contributed by atoms with Crippen LogP contribution in [0.3, 0.4) is 0 Å². The van der Waals surface area contributed by atoms with Gasteiger partial charge in [-0.25, -0.2) is 4.79 Å². The highest BCUT2D eigenvalue weighted by atomic mass is 32.2. The monoisotopic (exact) mass is 317 g/mol. The molecule has 6 nitrogen and oxygen atoms in total. The number of urea groups is 1. The number of rotatable bonds is 6. The number of carbonyl (C=O) groups is 2. The SMILES string of the molecule is CC(C)C(CN(C)C)NC(=O)N1CCSCC1CC(=O)O. The summed E-state index contributed by atoms with van der Waals surface area (Å²) in [6.45, 7) is 5.54. The van der Waals surface area contributed by atoms with E-state index >= 15 is 0 Å². The van der Waals surface area contributed by atoms with E-state index < -0.39 is 5.97 Å². The topological polar surface area (TPSA) is 72.9 Å². The van der Waals surface area contributed by atoms with Crippen LogP contribution in [0.5, 0.6) is 0 Å². The molecule has 1 rings (SSSR count). The number of hydrogen-bond donors (Lipinski definition) is 2. The van der Waals surface area contributed by atoms with Gasteiger partial charge in [-0.15, -0.1) is 0 Å². The summed E-state index contributed by atoms with van der Waals surface area (Å²) in [4.78, 5) is 27.2. The number of hydrogen-bond acceptors (Lipinski definition) is 4. The van der Waals surface area contributed by atoms with Crippen molar-refractivity contribution < 1.29 is 14.7 Å². The number of amides is 2. The highest BCUT2D eigenvalue weighted by Gasteiger charge is 2.30. The lowest BCUT2D eigenvalue weighted by Gasteiger charge is -2.36. The lowest BCUT2D eigenvalue weighted by molar-refractivity contribution is -0.138. The summed E-state index contributed by atoms with van der Waals surface area (Å²) in [6.07, 6.45) is 0.0143. The zero-order valence-electron chi connectivity index (χ0n) is 13.3. The Labute approximate surface area is 131 Å². The molecule has 0 radical (unpaired) electrons. The van der Waals surface area contributed by atoms with Gasteiger partial charge >= 0.3 is 12.0 Å². The number of aliphatic carboxylic acids is 1. The summed E-state index contributed by atoms with van der Waals surface area (Å²) >= 11 is 1.71. The van der Waals surface area contributed by atoms with Gasteiger partial charge in [0.25, 0.3) is 0 Å². The predicted molar refractivity (Wildman–Crippen MR) is 85.8 cm³/mol. The molecule has 0 aromatic heterocycles. The molecule has 2 amide bonds. The van der Waals surface area contributed by atoms with Crippen molar-refractivity contribution in [2.75, 3.05) is 38.7 Å². The molecular formula is C14H27N3O3S. The van der Waals surface area contributed by atoms with Gasteiger partial charge in [0, 0.05) is 30.6 Å². The van der Waals surface area contributed by atoms with Gasteiger partial charge in [-0.1, -0.05) is 13.8 Å². The van der Waals surface area contributed by atoms with Crippen molar-refractivity contribution in [2.24, 2.45) is 5.92 Å². The second-order valence-electron chi connectivity index (χ2n) is 6.08. The quantitative estimate of drug-likeness (QED) is 0.769. The van der Waals surface area contributed by atoms with Crippen molar-refractivity contribution in [2.45, 2.75) is 32.4 Å². The minimum atomic E-state index is -0.853. The van der Waals surface area contributed by atoms with Gasteiger partial charge in [-0.2, -0.15) is 11.8 Å². The molecule has 1 saturated heterocycles. The lowest BCUT2D eigenvalue weighted by atomic mass is 10.0. The van der Waals surface area contributed by atoms with E-state index in [9.17, 15) is 9.59 Å². The fourth-order valence-corrected chi connectivity index (χ4v) is 3.41. The molecule has 0 aromatic carbocycles. The van der Waals surface area contributed by atoms with Crippen LogP contribution in [0.4, 0.5) is 4.79 Å². The Morgan fingerprint density at radius 2 is 2.10 bits per heavy atom. The van der Waals surface area contributed by atoms with E-state index in [1.807, 2.05) is 19.0 Å². The Morgan fingerprint density at radius 3 is 2.62 bits per heavy atom. The first-order chi connectivity index (χ1) is 9.81. The fraction of sp³-hybridized carbons (Fsp3) is 0.857. The van der Waals surface area contributed by atoms with Crippen LogP contribution in [0, 0.1) is 5.92 Å². The van der Waals surface area contributed by atoms with E-state index in [1.54, 1.807) is 16.7 Å². The number of nitrogens with one attached hydrogen (secondary N) is 1. The van der Waals surface area contributed by atoms with Gasteiger partial charge in [0.05, 0.1) is 12.5 Å². The van der Waals surface area contributed by atoms with Crippen LogP contribution in [-0.4, -0.2) is 77.7 Å². The Morgan fingerprint density at radius 1 is 1.43 bits per heavy atom. The molecule has 0 saturated carbocycles. The Hall–Kier alpha value is -0.950. The summed E-state index contributed by atoms with van der Waals surface area (Å²) in [5.41, 5.74) is 0. The van der Waals surface area contributed by atoms with Crippen LogP contribution in [0.2, 0.25) is 0 Å². The molecule has 0 aliphatic carbocycles. The van der Waals surface area contributed by atoms with E-state index in [-0.39, 0.29) is 24.5 Å². The average Bonchev–Trinajstić information content (AvgIpc) is 2.37. The Kier molecular flexibility index (Phi) is 7.31. The lowest BCUT2D eigenvalue weighted by Crippen LogP contribution is -2.55. The first-order valence-electron chi connectivity index (χ1n) is 7.32. The van der Waals surface area contributed by atoms with Gasteiger partial charge in [-0.05, 0) is 20.0 Å². The fourth-order valence-electron chi connectivity index (χ4n) is 2.35. The van der Waals surface area contributed by atoms with Crippen molar-refractivity contribution in [3.63, 3.8) is 0 Å². The van der Waals surface area contributed by atoms with E-state index in [0.717, 1.165) is 12.3 Å². The normalized spacial score (nSPS) is 20.7. The second kappa shape index (κ2) is 8.48. The highest BCUT2D eigenvalue weighted by Crippen LogP contribution is 2.19. The highest BCUT2D eigenvalue weighted by molar-refractivity contribution is 7.99. The third-order valence-corrected chi connectivity index (χ3v) is 4.67. The number of thioether (sulfide) groups is 1. The third kappa shape index (κ3) is 6.13. The molecule has 2 unspecified atom stereocenters. The summed E-state index contributed by atoms with van der Waals surface area (Å²) in [6, 6.07) is -0.289. The maximum atomic E-state index is 12.5. The van der Waals surface area contributed by atoms with Crippen LogP contribution in [-0.2, 0) is 4.79 Å². The van der Waals surface area contributed by atoms with Crippen molar-refractivity contribution >= 4 is 23.8 Å². The van der Waals surface area contributed by atoms with Gasteiger partial charge in [0.2, 0.25) is 0 Å². The molecular weight excluding hydrogens is 290 g/mol. The number of carboxylic acids is 1. The predicted octanol–water partition coefficient (Wildman–Crippen LogP) is 1.17. The minimum absolute atomic E-state index is 0.0143. The first kappa shape index (κ1) is 18.1. The van der Waals surface area contributed by atoms with Gasteiger partial charge in [0.15, 0.2) is 0 Å². The summed E-state index contributed by atoms with van der Waals surface area (Å²) in [5.74, 6) is 1.03. The van der Waals surface area contributed by atoms with Gasteiger partial charge in [-0.3, -0.25) is 4.79 Å². The molecule has 7 heteroatoms. The summed E-state index contributed by atoms with van der Waals surface area (Å²) in [5, 5.41) is 12.0. The van der Waals surface area contributed by atoms with Gasteiger partial charge in [0.1, 0.15) is 0 Å². The molecule has 1 aliphatic rings. The Balaban J connectivity index is 2.67. The largest absolute Gasteiger partial charge is 0.481 e. The smallest absolute Gasteiger partial charge is 0.317 e. The average molecular weight is 317 g/mol. The van der Waals surface area contributed by atoms with Crippen LogP contribution in [0.25, 0.3) is 0 Å². The third-order valence-electron chi connectivity index (χ3n) is 3.57. The van der Waals surface area contributed by atoms with Gasteiger partial charge < -0.3 is 20.2 Å². The van der Waals surface area contributed by atoms with Crippen molar-refractivity contribution in [3.8, 4) is 0 Å². The Bertz CT molecular complexity index is 363. The molecule has 1 aliphatic heterocycles. The van der Waals surface area contributed by atoms with Crippen LogP contribution in [0.15, 0.2) is 0 Å². The maximum Gasteiger partial charge on any atom is 0.317 e. The standard InChI is InChI=1S/C14H27N3O3S/c1-10(2)12(8-16(3)4)15-14(20)17-5-6-21-9-11(17)7-13(18)19/h10-12H,5-9H2,1-4H3,(H,15,20)(H,18,19). The summed E-state index contributed by atoms with van der Waals surface area (Å²) < 4.78 is 0. The van der Waals surface area contributed by atoms with E-state index in [4.69, 9.17) is 5.11 Å². The number of carboxylic acid groups (broad SMARTS) is 1. The zero-order valence-corrected chi connectivity index (χ0v) is 14.2. The molecule has 122 valence electrons. The van der Waals surface area contributed by atoms with Crippen LogP contribution < -0.4 is 5.32 Å². The summed E-state index contributed by atoms with van der Waals surface area (Å²) in [7, 11) is 3.96. The van der Waals surface area contributed by atoms with E-state index in [0.29, 0.717) is 18.2 Å². The molecule has 2 N–H and O–H groups in total. The maximum absolute atomic E-state index is 12.5. The molecule has 0 spiro atoms. The number of likely N-dealkylation sites (N-methyl/N-ethyl adjacent to an activating group) is 1. The first-order valence-corrected chi connectivity index (χ1v) is 8.48. The molecule has 0 aromatic rings. The second-order valence-corrected chi connectivity index (χ2v) is 7.23. The van der Waals surface area contributed by atoms with Crippen LogP contribution in [0.1, 0.15) is 20.3 Å². The van der Waals surface area contributed by atoms with E-state index in [1.165, 1.54) is 0 Å².